The predicted octanol–water partition coefficient (Wildman–Crippen LogP) is 5.95. The lowest BCUT2D eigenvalue weighted by Crippen LogP contribution is -2.13. The Balaban J connectivity index is 1.63. The molecular weight excluding hydrogens is 434 g/mol. The van der Waals surface area contributed by atoms with Crippen molar-refractivity contribution in [1.29, 1.82) is 0 Å². The molecule has 0 aliphatic heterocycles. The van der Waals surface area contributed by atoms with Crippen molar-refractivity contribution in [1.82, 2.24) is 24.3 Å². The molecule has 0 fully saturated rings. The zero-order chi connectivity index (χ0) is 23.8. The fourth-order valence-corrected chi connectivity index (χ4v) is 4.21. The first-order chi connectivity index (χ1) is 17.2. The Morgan fingerprint density at radius 1 is 0.800 bits per heavy atom. The Morgan fingerprint density at radius 3 is 2.29 bits per heavy atom. The maximum Gasteiger partial charge on any atom is 0.264 e. The molecule has 3 heterocycles. The number of rotatable bonds is 4. The van der Waals surface area contributed by atoms with Gasteiger partial charge in [-0.05, 0) is 43.3 Å². The van der Waals surface area contributed by atoms with Gasteiger partial charge in [0, 0.05) is 29.7 Å². The molecule has 0 radical (unpaired) electrons. The first-order valence-corrected chi connectivity index (χ1v) is 11.3. The molecule has 0 saturated heterocycles. The lowest BCUT2D eigenvalue weighted by Gasteiger charge is -2.08. The van der Waals surface area contributed by atoms with E-state index in [1.54, 1.807) is 29.1 Å². The number of hydrogen-bond acceptors (Lipinski definition) is 4. The minimum Gasteiger partial charge on any atom is -0.268 e. The van der Waals surface area contributed by atoms with Gasteiger partial charge in [-0.25, -0.2) is 9.67 Å². The summed E-state index contributed by atoms with van der Waals surface area (Å²) in [6, 6.07) is 29.3. The first-order valence-electron chi connectivity index (χ1n) is 11.3. The van der Waals surface area contributed by atoms with Gasteiger partial charge in [-0.2, -0.15) is 5.10 Å². The number of imidazole rings is 1. The van der Waals surface area contributed by atoms with E-state index in [1.165, 1.54) is 0 Å². The Morgan fingerprint density at radius 2 is 1.51 bits per heavy atom. The highest BCUT2D eigenvalue weighted by molar-refractivity contribution is 6.04. The third-order valence-electron chi connectivity index (χ3n) is 5.99. The largest absolute Gasteiger partial charge is 0.268 e. The standard InChI is InChI=1S/C29H21N5O/c1-20-11-13-21(14-12-20)27-24(19-33(32-27)23-7-3-2-4-8-23)28-31-25-9-5-6-10-26(25)34(28)29(35)22-15-17-30-18-16-22/h2-19H,1H3. The van der Waals surface area contributed by atoms with Crippen molar-refractivity contribution in [2.75, 3.05) is 0 Å². The van der Waals surface area contributed by atoms with Crippen molar-refractivity contribution in [3.63, 3.8) is 0 Å². The summed E-state index contributed by atoms with van der Waals surface area (Å²) in [6.07, 6.45) is 5.19. The van der Waals surface area contributed by atoms with Crippen LogP contribution in [0, 0.1) is 6.92 Å². The highest BCUT2D eigenvalue weighted by Crippen LogP contribution is 2.34. The van der Waals surface area contributed by atoms with E-state index in [4.69, 9.17) is 10.1 Å². The third kappa shape index (κ3) is 3.71. The van der Waals surface area contributed by atoms with E-state index in [-0.39, 0.29) is 5.91 Å². The number of para-hydroxylation sites is 3. The summed E-state index contributed by atoms with van der Waals surface area (Å²) in [4.78, 5) is 22.7. The Kier molecular flexibility index (Phi) is 5.04. The second-order valence-corrected chi connectivity index (χ2v) is 8.34. The van der Waals surface area contributed by atoms with E-state index in [2.05, 4.69) is 24.0 Å². The first kappa shape index (κ1) is 20.7. The highest BCUT2D eigenvalue weighted by atomic mass is 16.2. The summed E-state index contributed by atoms with van der Waals surface area (Å²) in [6.45, 7) is 2.06. The van der Waals surface area contributed by atoms with Crippen molar-refractivity contribution >= 4 is 16.9 Å². The SMILES string of the molecule is Cc1ccc(-c2nn(-c3ccccc3)cc2-c2nc3ccccc3n2C(=O)c2ccncc2)cc1. The monoisotopic (exact) mass is 455 g/mol. The summed E-state index contributed by atoms with van der Waals surface area (Å²) >= 11 is 0. The van der Waals surface area contributed by atoms with Crippen LogP contribution in [0.2, 0.25) is 0 Å². The normalized spacial score (nSPS) is 11.1. The number of nitrogens with zero attached hydrogens (tertiary/aromatic N) is 5. The second kappa shape index (κ2) is 8.50. The summed E-state index contributed by atoms with van der Waals surface area (Å²) < 4.78 is 3.51. The van der Waals surface area contributed by atoms with Gasteiger partial charge in [-0.1, -0.05) is 60.2 Å². The fourth-order valence-electron chi connectivity index (χ4n) is 4.21. The second-order valence-electron chi connectivity index (χ2n) is 8.34. The van der Waals surface area contributed by atoms with Crippen molar-refractivity contribution < 1.29 is 4.79 Å². The van der Waals surface area contributed by atoms with Crippen LogP contribution in [0.25, 0.3) is 39.4 Å². The van der Waals surface area contributed by atoms with E-state index in [1.807, 2.05) is 77.6 Å². The smallest absolute Gasteiger partial charge is 0.264 e. The Labute approximate surface area is 202 Å². The number of aromatic nitrogens is 5. The molecule has 0 bridgehead atoms. The van der Waals surface area contributed by atoms with Gasteiger partial charge in [-0.3, -0.25) is 14.3 Å². The van der Waals surface area contributed by atoms with Gasteiger partial charge < -0.3 is 0 Å². The van der Waals surface area contributed by atoms with E-state index in [0.717, 1.165) is 39.1 Å². The van der Waals surface area contributed by atoms with Gasteiger partial charge >= 0.3 is 0 Å². The molecule has 0 aliphatic rings. The minimum absolute atomic E-state index is 0.168. The van der Waals surface area contributed by atoms with Crippen LogP contribution < -0.4 is 0 Å². The lowest BCUT2D eigenvalue weighted by molar-refractivity contribution is 0.0966. The van der Waals surface area contributed by atoms with Crippen LogP contribution in [0.15, 0.2) is 110 Å². The molecule has 0 unspecified atom stereocenters. The fraction of sp³-hybridized carbons (Fsp3) is 0.0345. The van der Waals surface area contributed by atoms with Crippen molar-refractivity contribution in [2.45, 2.75) is 6.92 Å². The molecule has 168 valence electrons. The maximum absolute atomic E-state index is 13.8. The van der Waals surface area contributed by atoms with Gasteiger partial charge in [-0.15, -0.1) is 0 Å². The van der Waals surface area contributed by atoms with E-state index >= 15 is 0 Å². The Bertz CT molecular complexity index is 1650. The number of carbonyl (C=O) groups excluding carboxylic acids is 1. The van der Waals surface area contributed by atoms with E-state index in [0.29, 0.717) is 11.4 Å². The van der Waals surface area contributed by atoms with Crippen molar-refractivity contribution in [2.24, 2.45) is 0 Å². The van der Waals surface area contributed by atoms with Crippen LogP contribution >= 0.6 is 0 Å². The average molecular weight is 456 g/mol. The molecular formula is C29H21N5O. The molecule has 0 atom stereocenters. The molecule has 0 amide bonds. The summed E-state index contributed by atoms with van der Waals surface area (Å²) in [7, 11) is 0. The van der Waals surface area contributed by atoms with Crippen LogP contribution in [0.5, 0.6) is 0 Å². The van der Waals surface area contributed by atoms with E-state index in [9.17, 15) is 4.79 Å². The number of hydrogen-bond donors (Lipinski definition) is 0. The van der Waals surface area contributed by atoms with Gasteiger partial charge in [0.2, 0.25) is 0 Å². The van der Waals surface area contributed by atoms with Crippen LogP contribution in [0.4, 0.5) is 0 Å². The summed E-state index contributed by atoms with van der Waals surface area (Å²) in [5.74, 6) is 0.379. The molecule has 35 heavy (non-hydrogen) atoms. The number of fused-ring (bicyclic) bond motifs is 1. The number of carbonyl (C=O) groups is 1. The number of aryl methyl sites for hydroxylation is 1. The van der Waals surface area contributed by atoms with Crippen molar-refractivity contribution in [3.8, 4) is 28.3 Å². The molecule has 0 aliphatic carbocycles. The molecule has 0 saturated carbocycles. The average Bonchev–Trinajstić information content (AvgIpc) is 3.52. The molecule has 6 aromatic rings. The third-order valence-corrected chi connectivity index (χ3v) is 5.99. The van der Waals surface area contributed by atoms with Crippen molar-refractivity contribution in [3.05, 3.63) is 121 Å². The number of benzene rings is 3. The maximum atomic E-state index is 13.8. The quantitative estimate of drug-likeness (QED) is 0.330. The topological polar surface area (TPSA) is 65.6 Å². The number of pyridine rings is 1. The van der Waals surface area contributed by atoms with Gasteiger partial charge in [0.15, 0.2) is 5.82 Å². The molecule has 3 aromatic heterocycles. The highest BCUT2D eigenvalue weighted by Gasteiger charge is 2.24. The van der Waals surface area contributed by atoms with Gasteiger partial charge in [0.25, 0.3) is 5.91 Å². The van der Waals surface area contributed by atoms with Crippen LogP contribution in [-0.4, -0.2) is 30.2 Å². The molecule has 3 aromatic carbocycles. The lowest BCUT2D eigenvalue weighted by atomic mass is 10.1. The molecule has 0 spiro atoms. The van der Waals surface area contributed by atoms with E-state index < -0.39 is 0 Å². The molecule has 6 rings (SSSR count). The molecule has 6 nitrogen and oxygen atoms in total. The zero-order valence-corrected chi connectivity index (χ0v) is 19.0. The molecule has 6 heteroatoms. The molecule has 0 N–H and O–H groups in total. The summed E-state index contributed by atoms with van der Waals surface area (Å²) in [5, 5.41) is 4.94. The van der Waals surface area contributed by atoms with Gasteiger partial charge in [0.05, 0.1) is 22.3 Å². The Hall–Kier alpha value is -4.84. The van der Waals surface area contributed by atoms with Crippen LogP contribution in [0.3, 0.4) is 0 Å². The van der Waals surface area contributed by atoms with Gasteiger partial charge in [0.1, 0.15) is 5.69 Å². The predicted molar refractivity (Wildman–Crippen MR) is 136 cm³/mol. The zero-order valence-electron chi connectivity index (χ0n) is 19.0. The van der Waals surface area contributed by atoms with Crippen LogP contribution in [0.1, 0.15) is 15.9 Å². The minimum atomic E-state index is -0.168. The summed E-state index contributed by atoms with van der Waals surface area (Å²) in [5.41, 5.74) is 6.60. The van der Waals surface area contributed by atoms with Crippen LogP contribution in [-0.2, 0) is 0 Å².